The molecule has 0 atom stereocenters. The number of hydrogen-bond donors (Lipinski definition) is 2. The molecule has 0 bridgehead atoms. The number of aromatic nitrogens is 1. The van der Waals surface area contributed by atoms with Crippen LogP contribution in [0, 0.1) is 0 Å². The first kappa shape index (κ1) is 16.7. The van der Waals surface area contributed by atoms with Crippen molar-refractivity contribution in [1.29, 1.82) is 0 Å². The number of amidine groups is 1. The molecular weight excluding hydrogens is 298 g/mol. The fourth-order valence-electron chi connectivity index (χ4n) is 1.82. The molecule has 23 heavy (non-hydrogen) atoms. The minimum atomic E-state index is 0.323. The second-order valence-corrected chi connectivity index (χ2v) is 4.50. The van der Waals surface area contributed by atoms with E-state index in [0.29, 0.717) is 36.2 Å². The van der Waals surface area contributed by atoms with E-state index in [1.165, 1.54) is 0 Å². The van der Waals surface area contributed by atoms with Crippen molar-refractivity contribution in [2.75, 3.05) is 27.4 Å². The Bertz CT molecular complexity index is 644. The normalized spacial score (nSPS) is 11.2. The Morgan fingerprint density at radius 1 is 1.17 bits per heavy atom. The highest BCUT2D eigenvalue weighted by molar-refractivity contribution is 5.98. The lowest BCUT2D eigenvalue weighted by molar-refractivity contribution is 0.206. The van der Waals surface area contributed by atoms with Gasteiger partial charge in [0.2, 0.25) is 5.88 Å². The summed E-state index contributed by atoms with van der Waals surface area (Å²) in [6, 6.07) is 10.6. The number of nitrogens with zero attached hydrogens (tertiary/aromatic N) is 2. The molecule has 7 heteroatoms. The fourth-order valence-corrected chi connectivity index (χ4v) is 1.82. The maximum atomic E-state index is 9.22. The zero-order valence-corrected chi connectivity index (χ0v) is 13.0. The van der Waals surface area contributed by atoms with Crippen molar-refractivity contribution >= 4 is 5.84 Å². The molecule has 0 saturated heterocycles. The Balaban J connectivity index is 2.13. The first-order chi connectivity index (χ1) is 11.3. The van der Waals surface area contributed by atoms with E-state index in [0.717, 1.165) is 5.75 Å². The fraction of sp³-hybridized carbons (Fsp3) is 0.250. The third-order valence-corrected chi connectivity index (χ3v) is 2.96. The van der Waals surface area contributed by atoms with Crippen LogP contribution in [0.1, 0.15) is 5.56 Å². The van der Waals surface area contributed by atoms with Gasteiger partial charge in [0.05, 0.1) is 20.3 Å². The van der Waals surface area contributed by atoms with Gasteiger partial charge in [-0.2, -0.15) is 0 Å². The summed E-state index contributed by atoms with van der Waals surface area (Å²) in [4.78, 5) is 8.35. The molecule has 0 aliphatic rings. The molecule has 2 aromatic rings. The molecule has 0 amide bonds. The van der Waals surface area contributed by atoms with Crippen LogP contribution in [0.25, 0.3) is 0 Å². The molecule has 2 N–H and O–H groups in total. The van der Waals surface area contributed by atoms with Crippen LogP contribution in [0.5, 0.6) is 17.4 Å². The molecule has 0 aliphatic heterocycles. The van der Waals surface area contributed by atoms with Gasteiger partial charge in [0.1, 0.15) is 11.5 Å². The van der Waals surface area contributed by atoms with Gasteiger partial charge in [-0.25, -0.2) is 4.98 Å². The Morgan fingerprint density at radius 3 is 2.57 bits per heavy atom. The van der Waals surface area contributed by atoms with Gasteiger partial charge in [-0.05, 0) is 30.3 Å². The predicted octanol–water partition coefficient (Wildman–Crippen LogP) is 2.25. The SMILES string of the molecule is COCCN=C(NO)c1ccnc(Oc2ccc(OC)cc2)c1. The Labute approximate surface area is 134 Å². The maximum absolute atomic E-state index is 9.22. The summed E-state index contributed by atoms with van der Waals surface area (Å²) >= 11 is 0. The van der Waals surface area contributed by atoms with Crippen molar-refractivity contribution in [3.05, 3.63) is 48.2 Å². The van der Waals surface area contributed by atoms with Crippen molar-refractivity contribution in [3.63, 3.8) is 0 Å². The van der Waals surface area contributed by atoms with E-state index in [9.17, 15) is 5.21 Å². The van der Waals surface area contributed by atoms with E-state index in [2.05, 4.69) is 15.5 Å². The Kier molecular flexibility index (Phi) is 6.34. The van der Waals surface area contributed by atoms with E-state index in [-0.39, 0.29) is 0 Å². The van der Waals surface area contributed by atoms with E-state index in [4.69, 9.17) is 14.2 Å². The first-order valence-corrected chi connectivity index (χ1v) is 6.98. The molecule has 122 valence electrons. The molecule has 0 fully saturated rings. The van der Waals surface area contributed by atoms with Crippen molar-refractivity contribution in [1.82, 2.24) is 10.5 Å². The molecule has 2 rings (SSSR count). The monoisotopic (exact) mass is 317 g/mol. The van der Waals surface area contributed by atoms with Crippen molar-refractivity contribution in [3.8, 4) is 17.4 Å². The summed E-state index contributed by atoms with van der Waals surface area (Å²) in [5, 5.41) is 9.22. The molecule has 0 unspecified atom stereocenters. The average Bonchev–Trinajstić information content (AvgIpc) is 2.60. The molecule has 1 heterocycles. The van der Waals surface area contributed by atoms with Crippen LogP contribution in [0.2, 0.25) is 0 Å². The third kappa shape index (κ3) is 4.94. The van der Waals surface area contributed by atoms with Gasteiger partial charge in [0.25, 0.3) is 0 Å². The number of aliphatic imine (C=N–C) groups is 1. The number of methoxy groups -OCH3 is 2. The van der Waals surface area contributed by atoms with E-state index in [1.807, 2.05) is 0 Å². The highest BCUT2D eigenvalue weighted by atomic mass is 16.5. The molecular formula is C16H19N3O4. The Hall–Kier alpha value is -2.64. The number of hydroxylamine groups is 1. The topological polar surface area (TPSA) is 85.2 Å². The van der Waals surface area contributed by atoms with Crippen molar-refractivity contribution in [2.45, 2.75) is 0 Å². The second kappa shape index (κ2) is 8.72. The molecule has 0 spiro atoms. The van der Waals surface area contributed by atoms with Crippen LogP contribution in [-0.4, -0.2) is 43.4 Å². The lowest BCUT2D eigenvalue weighted by atomic mass is 10.2. The summed E-state index contributed by atoms with van der Waals surface area (Å²) in [6.07, 6.45) is 1.58. The lowest BCUT2D eigenvalue weighted by Gasteiger charge is -2.09. The van der Waals surface area contributed by atoms with E-state index in [1.54, 1.807) is 56.8 Å². The molecule has 0 radical (unpaired) electrons. The van der Waals surface area contributed by atoms with Gasteiger partial charge in [-0.3, -0.25) is 15.7 Å². The highest BCUT2D eigenvalue weighted by Gasteiger charge is 2.06. The van der Waals surface area contributed by atoms with Crippen LogP contribution in [0.3, 0.4) is 0 Å². The van der Waals surface area contributed by atoms with Gasteiger partial charge < -0.3 is 14.2 Å². The third-order valence-electron chi connectivity index (χ3n) is 2.96. The quantitative estimate of drug-likeness (QED) is 0.353. The largest absolute Gasteiger partial charge is 0.497 e. The van der Waals surface area contributed by atoms with Gasteiger partial charge >= 0.3 is 0 Å². The summed E-state index contributed by atoms with van der Waals surface area (Å²) < 4.78 is 15.7. The van der Waals surface area contributed by atoms with Crippen LogP contribution in [0.4, 0.5) is 0 Å². The van der Waals surface area contributed by atoms with E-state index < -0.39 is 0 Å². The zero-order valence-electron chi connectivity index (χ0n) is 13.0. The molecule has 7 nitrogen and oxygen atoms in total. The number of ether oxygens (including phenoxy) is 3. The number of rotatable bonds is 7. The number of benzene rings is 1. The van der Waals surface area contributed by atoms with Gasteiger partial charge in [0, 0.05) is 24.9 Å². The number of hydrogen-bond acceptors (Lipinski definition) is 6. The number of pyridine rings is 1. The molecule has 1 aromatic carbocycles. The summed E-state index contributed by atoms with van der Waals surface area (Å²) in [5.74, 6) is 2.09. The molecule has 1 aromatic heterocycles. The standard InChI is InChI=1S/C16H19N3O4/c1-21-10-9-18-16(19-20)12-7-8-17-15(11-12)23-14-5-3-13(22-2)4-6-14/h3-8,11,20H,9-10H2,1-2H3,(H,18,19). The average molecular weight is 317 g/mol. The first-order valence-electron chi connectivity index (χ1n) is 6.98. The van der Waals surface area contributed by atoms with Crippen LogP contribution in [0.15, 0.2) is 47.6 Å². The van der Waals surface area contributed by atoms with Crippen molar-refractivity contribution < 1.29 is 19.4 Å². The summed E-state index contributed by atoms with van der Waals surface area (Å²) in [5.41, 5.74) is 2.73. The maximum Gasteiger partial charge on any atom is 0.219 e. The van der Waals surface area contributed by atoms with Gasteiger partial charge in [-0.1, -0.05) is 0 Å². The molecule has 0 aliphatic carbocycles. The highest BCUT2D eigenvalue weighted by Crippen LogP contribution is 2.22. The molecule has 0 saturated carbocycles. The predicted molar refractivity (Wildman–Crippen MR) is 85.5 cm³/mol. The van der Waals surface area contributed by atoms with Crippen LogP contribution in [-0.2, 0) is 4.74 Å². The Morgan fingerprint density at radius 2 is 1.91 bits per heavy atom. The van der Waals surface area contributed by atoms with Gasteiger partial charge in [-0.15, -0.1) is 0 Å². The summed E-state index contributed by atoms with van der Waals surface area (Å²) in [6.45, 7) is 0.891. The minimum Gasteiger partial charge on any atom is -0.497 e. The second-order valence-electron chi connectivity index (χ2n) is 4.50. The zero-order chi connectivity index (χ0) is 16.5. The summed E-state index contributed by atoms with van der Waals surface area (Å²) in [7, 11) is 3.20. The van der Waals surface area contributed by atoms with Crippen molar-refractivity contribution in [2.24, 2.45) is 4.99 Å². The smallest absolute Gasteiger partial charge is 0.219 e. The lowest BCUT2D eigenvalue weighted by Crippen LogP contribution is -2.21. The minimum absolute atomic E-state index is 0.323. The van der Waals surface area contributed by atoms with Gasteiger partial charge in [0.15, 0.2) is 5.84 Å². The van der Waals surface area contributed by atoms with Crippen LogP contribution < -0.4 is 15.0 Å². The van der Waals surface area contributed by atoms with Crippen LogP contribution >= 0.6 is 0 Å². The van der Waals surface area contributed by atoms with E-state index >= 15 is 0 Å². The number of nitrogens with one attached hydrogen (secondary N) is 1.